The number of aliphatic hydroxyl groups excluding tert-OH is 2. The van der Waals surface area contributed by atoms with Crippen LogP contribution in [0, 0.1) is 5.92 Å². The monoisotopic (exact) mass is 389 g/mol. The summed E-state index contributed by atoms with van der Waals surface area (Å²) in [7, 11) is 0. The molecule has 7 nitrogen and oxygen atoms in total. The number of likely N-dealkylation sites (tertiary alicyclic amines) is 1. The molecular weight excluding hydrogens is 354 g/mol. The van der Waals surface area contributed by atoms with Gasteiger partial charge in [-0.25, -0.2) is 9.97 Å². The predicted octanol–water partition coefficient (Wildman–Crippen LogP) is 1.87. The maximum absolute atomic E-state index is 10.3. The minimum Gasteiger partial charge on any atom is -0.396 e. The Morgan fingerprint density at radius 2 is 1.82 bits per heavy atom. The summed E-state index contributed by atoms with van der Waals surface area (Å²) < 4.78 is 0. The van der Waals surface area contributed by atoms with E-state index < -0.39 is 0 Å². The largest absolute Gasteiger partial charge is 0.396 e. The zero-order valence-electron chi connectivity index (χ0n) is 16.8. The fourth-order valence-corrected chi connectivity index (χ4v) is 5.12. The lowest BCUT2D eigenvalue weighted by Crippen LogP contribution is -2.50. The molecule has 3 unspecified atom stereocenters. The van der Waals surface area contributed by atoms with Crippen LogP contribution < -0.4 is 10.2 Å². The van der Waals surface area contributed by atoms with Crippen LogP contribution in [-0.2, 0) is 0 Å². The second-order valence-corrected chi connectivity index (χ2v) is 8.77. The maximum atomic E-state index is 10.3. The van der Waals surface area contributed by atoms with Crippen LogP contribution in [-0.4, -0.2) is 76.1 Å². The third-order valence-corrected chi connectivity index (χ3v) is 6.80. The molecule has 156 valence electrons. The summed E-state index contributed by atoms with van der Waals surface area (Å²) in [5.41, 5.74) is 0. The molecule has 1 aliphatic carbocycles. The Morgan fingerprint density at radius 1 is 1.00 bits per heavy atom. The van der Waals surface area contributed by atoms with E-state index in [1.807, 2.05) is 0 Å². The van der Waals surface area contributed by atoms with Gasteiger partial charge in [-0.05, 0) is 44.4 Å². The molecule has 28 heavy (non-hydrogen) atoms. The van der Waals surface area contributed by atoms with E-state index in [0.717, 1.165) is 76.3 Å². The number of hydrogen-bond acceptors (Lipinski definition) is 7. The zero-order valence-corrected chi connectivity index (χ0v) is 16.8. The number of piperidine rings is 2. The first-order valence-electron chi connectivity index (χ1n) is 11.1. The molecule has 3 atom stereocenters. The Morgan fingerprint density at radius 3 is 2.61 bits per heavy atom. The lowest BCUT2D eigenvalue weighted by Gasteiger charge is -2.41. The number of aliphatic hydroxyl groups is 2. The first kappa shape index (κ1) is 19.9. The van der Waals surface area contributed by atoms with Crippen molar-refractivity contribution in [3.8, 4) is 0 Å². The normalized spacial score (nSPS) is 30.4. The molecule has 1 aromatic heterocycles. The molecule has 0 spiro atoms. The Balaban J connectivity index is 1.30. The van der Waals surface area contributed by atoms with E-state index in [1.165, 1.54) is 12.8 Å². The van der Waals surface area contributed by atoms with Crippen molar-refractivity contribution in [1.29, 1.82) is 0 Å². The van der Waals surface area contributed by atoms with Crippen LogP contribution in [0.2, 0.25) is 0 Å². The van der Waals surface area contributed by atoms with Gasteiger partial charge in [0, 0.05) is 50.9 Å². The highest BCUT2D eigenvalue weighted by Crippen LogP contribution is 2.27. The first-order valence-corrected chi connectivity index (χ1v) is 11.1. The molecule has 4 rings (SSSR count). The Labute approximate surface area is 168 Å². The van der Waals surface area contributed by atoms with Crippen LogP contribution in [0.15, 0.2) is 12.4 Å². The molecule has 1 aromatic rings. The molecular formula is C21H35N5O2. The van der Waals surface area contributed by atoms with E-state index in [4.69, 9.17) is 0 Å². The predicted molar refractivity (Wildman–Crippen MR) is 111 cm³/mol. The lowest BCUT2D eigenvalue weighted by atomic mass is 9.89. The van der Waals surface area contributed by atoms with Crippen molar-refractivity contribution < 1.29 is 10.2 Å². The van der Waals surface area contributed by atoms with E-state index >= 15 is 0 Å². The van der Waals surface area contributed by atoms with Gasteiger partial charge in [-0.1, -0.05) is 12.8 Å². The van der Waals surface area contributed by atoms with Crippen molar-refractivity contribution in [2.75, 3.05) is 43.0 Å². The molecule has 2 saturated heterocycles. The molecule has 1 saturated carbocycles. The average Bonchev–Trinajstić information content (AvgIpc) is 2.75. The number of nitrogens with one attached hydrogen (secondary N) is 1. The quantitative estimate of drug-likeness (QED) is 0.709. The molecule has 0 amide bonds. The summed E-state index contributed by atoms with van der Waals surface area (Å²) in [6.07, 6.45) is 10.4. The molecule has 2 aliphatic heterocycles. The van der Waals surface area contributed by atoms with Gasteiger partial charge in [0.05, 0.1) is 6.10 Å². The van der Waals surface area contributed by atoms with Crippen LogP contribution in [0.25, 0.3) is 0 Å². The van der Waals surface area contributed by atoms with E-state index in [-0.39, 0.29) is 12.7 Å². The summed E-state index contributed by atoms with van der Waals surface area (Å²) in [6.45, 7) is 4.20. The van der Waals surface area contributed by atoms with Crippen LogP contribution in [0.1, 0.15) is 51.4 Å². The van der Waals surface area contributed by atoms with Crippen molar-refractivity contribution in [3.63, 3.8) is 0 Å². The van der Waals surface area contributed by atoms with Crippen LogP contribution in [0.4, 0.5) is 11.6 Å². The van der Waals surface area contributed by atoms with Crippen molar-refractivity contribution in [1.82, 2.24) is 14.9 Å². The van der Waals surface area contributed by atoms with Gasteiger partial charge >= 0.3 is 0 Å². The van der Waals surface area contributed by atoms with Crippen molar-refractivity contribution in [3.05, 3.63) is 12.4 Å². The van der Waals surface area contributed by atoms with Gasteiger partial charge in [0.1, 0.15) is 18.0 Å². The Kier molecular flexibility index (Phi) is 6.65. The molecule has 0 bridgehead atoms. The number of anilines is 2. The highest BCUT2D eigenvalue weighted by Gasteiger charge is 2.31. The van der Waals surface area contributed by atoms with Gasteiger partial charge in [-0.3, -0.25) is 4.90 Å². The number of aromatic nitrogens is 2. The van der Waals surface area contributed by atoms with Crippen LogP contribution in [0.3, 0.4) is 0 Å². The van der Waals surface area contributed by atoms with Gasteiger partial charge in [-0.15, -0.1) is 0 Å². The molecule has 0 aromatic carbocycles. The van der Waals surface area contributed by atoms with Gasteiger partial charge in [0.2, 0.25) is 0 Å². The minimum atomic E-state index is -0.144. The van der Waals surface area contributed by atoms with Gasteiger partial charge < -0.3 is 20.4 Å². The summed E-state index contributed by atoms with van der Waals surface area (Å²) in [6, 6.07) is 2.84. The topological polar surface area (TPSA) is 84.8 Å². The average molecular weight is 390 g/mol. The molecule has 0 radical (unpaired) electrons. The van der Waals surface area contributed by atoms with Crippen LogP contribution in [0.5, 0.6) is 0 Å². The second-order valence-electron chi connectivity index (χ2n) is 8.77. The van der Waals surface area contributed by atoms with Gasteiger partial charge in [0.25, 0.3) is 0 Å². The standard InChI is InChI=1S/C21H35N5O2/c27-14-16-4-3-9-26(13-16)21-12-20(22-15-23-21)24-17-7-10-25(11-8-17)18-5-1-2-6-19(18)28/h12,15-19,27-28H,1-11,13-14H2,(H,22,23,24). The highest BCUT2D eigenvalue weighted by atomic mass is 16.3. The fourth-order valence-electron chi connectivity index (χ4n) is 5.12. The van der Waals surface area contributed by atoms with Crippen molar-refractivity contribution >= 4 is 11.6 Å². The van der Waals surface area contributed by atoms with E-state index in [0.29, 0.717) is 18.0 Å². The van der Waals surface area contributed by atoms with Gasteiger partial charge in [-0.2, -0.15) is 0 Å². The molecule has 3 heterocycles. The smallest absolute Gasteiger partial charge is 0.134 e. The zero-order chi connectivity index (χ0) is 19.3. The van der Waals surface area contributed by atoms with E-state index in [1.54, 1.807) is 6.33 Å². The van der Waals surface area contributed by atoms with E-state index in [2.05, 4.69) is 31.2 Å². The lowest BCUT2D eigenvalue weighted by molar-refractivity contribution is 0.00992. The summed E-state index contributed by atoms with van der Waals surface area (Å²) in [4.78, 5) is 13.7. The SMILES string of the molecule is OCC1CCCN(c2cc(NC3CCN(C4CCCCC4O)CC3)ncn2)C1. The first-order chi connectivity index (χ1) is 13.7. The Bertz CT molecular complexity index is 623. The van der Waals surface area contributed by atoms with Crippen LogP contribution >= 0.6 is 0 Å². The number of hydrogen-bond donors (Lipinski definition) is 3. The number of nitrogens with zero attached hydrogens (tertiary/aromatic N) is 4. The second kappa shape index (κ2) is 9.37. The Hall–Kier alpha value is -1.44. The maximum Gasteiger partial charge on any atom is 0.134 e. The fraction of sp³-hybridized carbons (Fsp3) is 0.810. The summed E-state index contributed by atoms with van der Waals surface area (Å²) in [5, 5.41) is 23.4. The van der Waals surface area contributed by atoms with Crippen molar-refractivity contribution in [2.24, 2.45) is 5.92 Å². The summed E-state index contributed by atoms with van der Waals surface area (Å²) >= 11 is 0. The van der Waals surface area contributed by atoms with Gasteiger partial charge in [0.15, 0.2) is 0 Å². The van der Waals surface area contributed by atoms with E-state index in [9.17, 15) is 10.2 Å². The third kappa shape index (κ3) is 4.75. The highest BCUT2D eigenvalue weighted by molar-refractivity contribution is 5.49. The minimum absolute atomic E-state index is 0.144. The molecule has 3 N–H and O–H groups in total. The molecule has 7 heteroatoms. The number of rotatable bonds is 5. The molecule has 3 fully saturated rings. The van der Waals surface area contributed by atoms with Crippen molar-refractivity contribution in [2.45, 2.75) is 69.6 Å². The summed E-state index contributed by atoms with van der Waals surface area (Å²) in [5.74, 6) is 2.20. The molecule has 3 aliphatic rings. The third-order valence-electron chi connectivity index (χ3n) is 6.80.